The predicted molar refractivity (Wildman–Crippen MR) is 87.7 cm³/mol. The van der Waals surface area contributed by atoms with E-state index in [9.17, 15) is 13.2 Å². The van der Waals surface area contributed by atoms with E-state index in [1.54, 1.807) is 19.1 Å². The largest absolute Gasteiger partial charge is 0.381 e. The van der Waals surface area contributed by atoms with Crippen LogP contribution in [0.25, 0.3) is 0 Å². The number of nitrogens with one attached hydrogen (secondary N) is 1. The number of carbonyl (C=O) groups excluding carboxylic acids is 1. The second-order valence-corrected chi connectivity index (χ2v) is 8.11. The molecule has 7 nitrogen and oxygen atoms in total. The van der Waals surface area contributed by atoms with E-state index in [0.717, 1.165) is 4.31 Å². The van der Waals surface area contributed by atoms with Crippen molar-refractivity contribution in [1.29, 1.82) is 0 Å². The average molecular weight is 341 g/mol. The molecular weight excluding hydrogens is 318 g/mol. The van der Waals surface area contributed by atoms with Gasteiger partial charge in [-0.05, 0) is 37.5 Å². The van der Waals surface area contributed by atoms with E-state index >= 15 is 0 Å². The van der Waals surface area contributed by atoms with E-state index in [0.29, 0.717) is 37.3 Å². The van der Waals surface area contributed by atoms with Crippen LogP contribution in [0.15, 0.2) is 23.1 Å². The Balaban J connectivity index is 2.26. The zero-order valence-corrected chi connectivity index (χ0v) is 14.4. The number of anilines is 1. The van der Waals surface area contributed by atoms with Crippen molar-refractivity contribution in [2.24, 2.45) is 5.73 Å². The van der Waals surface area contributed by atoms with Crippen LogP contribution >= 0.6 is 0 Å². The Morgan fingerprint density at radius 3 is 2.48 bits per heavy atom. The molecule has 1 aromatic carbocycles. The maximum Gasteiger partial charge on any atom is 0.244 e. The summed E-state index contributed by atoms with van der Waals surface area (Å²) in [5.74, 6) is -0.321. The molecule has 1 amide bonds. The van der Waals surface area contributed by atoms with Gasteiger partial charge >= 0.3 is 0 Å². The molecule has 1 aliphatic heterocycles. The number of aryl methyl sites for hydroxylation is 1. The van der Waals surface area contributed by atoms with Crippen molar-refractivity contribution in [1.82, 2.24) is 4.31 Å². The molecule has 23 heavy (non-hydrogen) atoms. The molecule has 1 heterocycles. The standard InChI is InChI=1S/C15H23N3O4S/c1-11-4-5-12(10-13(11)23(20,21)18(2)3)17-14(19)15(16)6-8-22-9-7-15/h4-5,10H,6-9,16H2,1-3H3,(H,17,19). The number of hydrogen-bond acceptors (Lipinski definition) is 5. The smallest absolute Gasteiger partial charge is 0.244 e. The van der Waals surface area contributed by atoms with Gasteiger partial charge in [0, 0.05) is 33.0 Å². The molecule has 0 saturated carbocycles. The summed E-state index contributed by atoms with van der Waals surface area (Å²) >= 11 is 0. The minimum absolute atomic E-state index is 0.165. The molecule has 128 valence electrons. The van der Waals surface area contributed by atoms with Gasteiger partial charge in [-0.15, -0.1) is 0 Å². The third-order valence-electron chi connectivity index (χ3n) is 4.04. The Kier molecular flexibility index (Phi) is 5.10. The highest BCUT2D eigenvalue weighted by atomic mass is 32.2. The van der Waals surface area contributed by atoms with Gasteiger partial charge in [0.1, 0.15) is 5.54 Å². The van der Waals surface area contributed by atoms with E-state index in [1.165, 1.54) is 20.2 Å². The molecule has 1 aliphatic rings. The van der Waals surface area contributed by atoms with Gasteiger partial charge in [-0.1, -0.05) is 6.07 Å². The summed E-state index contributed by atoms with van der Waals surface area (Å²) in [7, 11) is -0.637. The van der Waals surface area contributed by atoms with Crippen LogP contribution in [-0.4, -0.2) is 51.5 Å². The van der Waals surface area contributed by atoms with E-state index in [-0.39, 0.29) is 10.8 Å². The lowest BCUT2D eigenvalue weighted by atomic mass is 9.90. The van der Waals surface area contributed by atoms with Crippen LogP contribution in [0.2, 0.25) is 0 Å². The Morgan fingerprint density at radius 2 is 1.91 bits per heavy atom. The third-order valence-corrected chi connectivity index (χ3v) is 6.00. The van der Waals surface area contributed by atoms with E-state index in [2.05, 4.69) is 5.32 Å². The van der Waals surface area contributed by atoms with Gasteiger partial charge in [-0.2, -0.15) is 0 Å². The molecule has 1 saturated heterocycles. The fraction of sp³-hybridized carbons (Fsp3) is 0.533. The molecule has 1 fully saturated rings. The number of ether oxygens (including phenoxy) is 1. The van der Waals surface area contributed by atoms with Gasteiger partial charge in [-0.25, -0.2) is 12.7 Å². The summed E-state index contributed by atoms with van der Waals surface area (Å²) in [6.45, 7) is 2.60. The van der Waals surface area contributed by atoms with E-state index in [4.69, 9.17) is 10.5 Å². The second-order valence-electron chi connectivity index (χ2n) is 5.99. The van der Waals surface area contributed by atoms with Crippen molar-refractivity contribution in [3.8, 4) is 0 Å². The lowest BCUT2D eigenvalue weighted by Crippen LogP contribution is -2.54. The van der Waals surface area contributed by atoms with Gasteiger partial charge in [0.05, 0.1) is 4.90 Å². The van der Waals surface area contributed by atoms with Crippen LogP contribution in [0.3, 0.4) is 0 Å². The first kappa shape index (κ1) is 17.9. The van der Waals surface area contributed by atoms with E-state index in [1.807, 2.05) is 0 Å². The van der Waals surface area contributed by atoms with Crippen molar-refractivity contribution in [3.63, 3.8) is 0 Å². The quantitative estimate of drug-likeness (QED) is 0.839. The number of nitrogens with two attached hydrogens (primary N) is 1. The van der Waals surface area contributed by atoms with Crippen molar-refractivity contribution < 1.29 is 17.9 Å². The van der Waals surface area contributed by atoms with Gasteiger partial charge in [0.15, 0.2) is 0 Å². The first-order chi connectivity index (χ1) is 10.7. The summed E-state index contributed by atoms with van der Waals surface area (Å²) in [4.78, 5) is 12.6. The van der Waals surface area contributed by atoms with Crippen LogP contribution in [0.4, 0.5) is 5.69 Å². The number of sulfonamides is 1. The van der Waals surface area contributed by atoms with Crippen LogP contribution in [0.5, 0.6) is 0 Å². The van der Waals surface area contributed by atoms with Gasteiger partial charge in [-0.3, -0.25) is 4.79 Å². The molecule has 0 atom stereocenters. The first-order valence-electron chi connectivity index (χ1n) is 7.38. The average Bonchev–Trinajstić information content (AvgIpc) is 2.49. The van der Waals surface area contributed by atoms with Crippen molar-refractivity contribution in [2.75, 3.05) is 32.6 Å². The Morgan fingerprint density at radius 1 is 1.30 bits per heavy atom. The molecule has 8 heteroatoms. The van der Waals surface area contributed by atoms with Crippen molar-refractivity contribution in [3.05, 3.63) is 23.8 Å². The van der Waals surface area contributed by atoms with Gasteiger partial charge in [0.25, 0.3) is 0 Å². The van der Waals surface area contributed by atoms with Crippen LogP contribution in [0.1, 0.15) is 18.4 Å². The SMILES string of the molecule is Cc1ccc(NC(=O)C2(N)CCOCC2)cc1S(=O)(=O)N(C)C. The lowest BCUT2D eigenvalue weighted by Gasteiger charge is -2.31. The van der Waals surface area contributed by atoms with E-state index < -0.39 is 15.6 Å². The minimum atomic E-state index is -3.58. The minimum Gasteiger partial charge on any atom is -0.381 e. The van der Waals surface area contributed by atoms with Crippen LogP contribution in [0, 0.1) is 6.92 Å². The molecule has 1 aromatic rings. The highest BCUT2D eigenvalue weighted by molar-refractivity contribution is 7.89. The third kappa shape index (κ3) is 3.72. The highest BCUT2D eigenvalue weighted by Gasteiger charge is 2.36. The summed E-state index contributed by atoms with van der Waals surface area (Å²) in [5.41, 5.74) is 6.18. The molecule has 0 aromatic heterocycles. The van der Waals surface area contributed by atoms with Crippen molar-refractivity contribution in [2.45, 2.75) is 30.2 Å². The highest BCUT2D eigenvalue weighted by Crippen LogP contribution is 2.24. The zero-order chi connectivity index (χ0) is 17.3. The maximum absolute atomic E-state index is 12.4. The summed E-state index contributed by atoms with van der Waals surface area (Å²) in [6, 6.07) is 4.80. The predicted octanol–water partition coefficient (Wildman–Crippen LogP) is 0.692. The van der Waals surface area contributed by atoms with Crippen LogP contribution in [-0.2, 0) is 19.6 Å². The van der Waals surface area contributed by atoms with Crippen molar-refractivity contribution >= 4 is 21.6 Å². The number of amides is 1. The van der Waals surface area contributed by atoms with Gasteiger partial charge < -0.3 is 15.8 Å². The normalized spacial score (nSPS) is 18.0. The molecule has 0 spiro atoms. The number of benzene rings is 1. The summed E-state index contributed by atoms with van der Waals surface area (Å²) in [5, 5.41) is 2.73. The molecule has 0 bridgehead atoms. The molecule has 0 unspecified atom stereocenters. The summed E-state index contributed by atoms with van der Waals surface area (Å²) < 4.78 is 31.0. The second kappa shape index (κ2) is 6.56. The fourth-order valence-corrected chi connectivity index (χ4v) is 3.51. The van der Waals surface area contributed by atoms with Crippen LogP contribution < -0.4 is 11.1 Å². The first-order valence-corrected chi connectivity index (χ1v) is 8.82. The Labute approximate surface area is 136 Å². The Hall–Kier alpha value is -1.48. The zero-order valence-electron chi connectivity index (χ0n) is 13.6. The number of nitrogens with zero attached hydrogens (tertiary/aromatic N) is 1. The molecular formula is C15H23N3O4S. The monoisotopic (exact) mass is 341 g/mol. The lowest BCUT2D eigenvalue weighted by molar-refractivity contribution is -0.124. The number of hydrogen-bond donors (Lipinski definition) is 2. The molecule has 3 N–H and O–H groups in total. The molecule has 2 rings (SSSR count). The molecule has 0 aliphatic carbocycles. The topological polar surface area (TPSA) is 102 Å². The molecule has 0 radical (unpaired) electrons. The summed E-state index contributed by atoms with van der Waals surface area (Å²) in [6.07, 6.45) is 0.876. The van der Waals surface area contributed by atoms with Gasteiger partial charge in [0.2, 0.25) is 15.9 Å². The fourth-order valence-electron chi connectivity index (χ4n) is 2.37. The number of rotatable bonds is 4. The number of carbonyl (C=O) groups is 1. The Bertz CT molecular complexity index is 695. The maximum atomic E-state index is 12.4.